The lowest BCUT2D eigenvalue weighted by atomic mass is 10.0. The summed E-state index contributed by atoms with van der Waals surface area (Å²) in [5.41, 5.74) is 4.57. The van der Waals surface area contributed by atoms with Gasteiger partial charge in [0.25, 0.3) is 11.8 Å². The molecule has 2 amide bonds. The molecule has 0 bridgehead atoms. The number of aliphatic hydroxyl groups is 1. The smallest absolute Gasteiger partial charge is 0.256 e. The van der Waals surface area contributed by atoms with E-state index in [4.69, 9.17) is 323 Å². The van der Waals surface area contributed by atoms with Crippen molar-refractivity contribution >= 4 is 34.9 Å². The van der Waals surface area contributed by atoms with Crippen LogP contribution < -0.4 is 10.6 Å². The van der Waals surface area contributed by atoms with E-state index >= 15 is 0 Å². The van der Waals surface area contributed by atoms with Crippen LogP contribution in [0.25, 0.3) is 11.6 Å². The first kappa shape index (κ1) is 180. The Balaban J connectivity index is -0.0000000406. The first-order valence-corrected chi connectivity index (χ1v) is 22.8. The second-order valence-electron chi connectivity index (χ2n) is 11.7. The molecule has 3 aromatic rings. The van der Waals surface area contributed by atoms with Gasteiger partial charge in [-0.15, -0.1) is 5.10 Å². The summed E-state index contributed by atoms with van der Waals surface area (Å²) in [7, 11) is 2.64. The Labute approximate surface area is 597 Å². The number of amides is 2. The standard InChI is InChI=1S/C35H47FN6O8.CH4O.28H2O2/c1-24-32(22-30-29-21-26(36)6-7-31(29)39-34(30)44)38-25(2)33(24)35(45)37-10-4-5-28(43)9-13-48-17-19-50-20-18-49-14-11-42-23-27(40-41-42)8-12-47-16-15-46-3;29*1-2/h6-7,21-23,38H,4-5,8-20H2,1-3H3,(H,37,45)(H,39,44);2H,1H3;28*1-2H/b30-22-;;;;;;;;;;;;;;;;;;;;;;;;;;;;;. The molecule has 0 atom stereocenters. The summed E-state index contributed by atoms with van der Waals surface area (Å²) in [5.74, 6) is -0.999. The zero-order chi connectivity index (χ0) is 93.7. The predicted molar refractivity (Wildman–Crippen MR) is 339 cm³/mol. The Morgan fingerprint density at radius 1 is 0.472 bits per heavy atom. The van der Waals surface area contributed by atoms with Gasteiger partial charge >= 0.3 is 0 Å². The molecular formula is C36H107FN6O65. The molecule has 60 N–H and O–H groups in total. The number of hydrogen-bond acceptors (Lipinski definition) is 67. The van der Waals surface area contributed by atoms with Crippen molar-refractivity contribution in [3.63, 3.8) is 0 Å². The topological polar surface area (TPSA) is 1320 Å². The van der Waals surface area contributed by atoms with Crippen molar-refractivity contribution in [1.29, 1.82) is 0 Å². The number of aromatic nitrogens is 4. The van der Waals surface area contributed by atoms with Crippen molar-refractivity contribution in [1.82, 2.24) is 25.3 Å². The van der Waals surface area contributed by atoms with Gasteiger partial charge in [-0.3, -0.25) is 309 Å². The first-order chi connectivity index (χ1) is 53.3. The van der Waals surface area contributed by atoms with Crippen LogP contribution in [0.5, 0.6) is 0 Å². The molecule has 0 aliphatic carbocycles. The number of hydrogen-bond donors (Lipinski definition) is 60. The molecule has 0 unspecified atom stereocenters. The highest BCUT2D eigenvalue weighted by Gasteiger charge is 2.26. The van der Waals surface area contributed by atoms with Gasteiger partial charge in [0.1, 0.15) is 11.6 Å². The van der Waals surface area contributed by atoms with Gasteiger partial charge in [0.2, 0.25) is 0 Å². The summed E-state index contributed by atoms with van der Waals surface area (Å²) in [4.78, 5) is 40.9. The summed E-state index contributed by atoms with van der Waals surface area (Å²) < 4.78 is 42.5. The molecule has 0 radical (unpaired) electrons. The number of ketones is 1. The molecule has 2 aromatic heterocycles. The van der Waals surface area contributed by atoms with Crippen LogP contribution in [0, 0.1) is 19.7 Å². The summed E-state index contributed by atoms with van der Waals surface area (Å²) in [6, 6.07) is 4.12. The molecule has 108 heavy (non-hydrogen) atoms. The highest BCUT2D eigenvalue weighted by Crippen LogP contribution is 2.34. The number of halogens is 1. The van der Waals surface area contributed by atoms with Crippen molar-refractivity contribution in [2.75, 3.05) is 85.5 Å². The number of nitrogens with zero attached hydrogens (tertiary/aromatic N) is 3. The summed E-state index contributed by atoms with van der Waals surface area (Å²) in [5, 5.41) is 357. The van der Waals surface area contributed by atoms with E-state index in [9.17, 15) is 18.8 Å². The minimum absolute atomic E-state index is 0.0537. The normalized spacial score (nSPS) is 7.72. The highest BCUT2D eigenvalue weighted by molar-refractivity contribution is 6.35. The maximum Gasteiger partial charge on any atom is 0.256 e. The molecule has 0 spiro atoms. The van der Waals surface area contributed by atoms with Gasteiger partial charge in [-0.2, -0.15) is 0 Å². The van der Waals surface area contributed by atoms with Crippen molar-refractivity contribution in [2.45, 2.75) is 46.1 Å². The van der Waals surface area contributed by atoms with E-state index in [0.29, 0.717) is 131 Å². The van der Waals surface area contributed by atoms with Crippen LogP contribution in [0.3, 0.4) is 0 Å². The van der Waals surface area contributed by atoms with Crippen molar-refractivity contribution in [3.8, 4) is 0 Å². The van der Waals surface area contributed by atoms with Gasteiger partial charge < -0.3 is 44.4 Å². The van der Waals surface area contributed by atoms with E-state index in [1.54, 1.807) is 31.7 Å². The molecule has 0 saturated heterocycles. The van der Waals surface area contributed by atoms with Gasteiger partial charge in [-0.05, 0) is 50.1 Å². The predicted octanol–water partition coefficient (Wildman–Crippen LogP) is 3.38. The fraction of sp³-hybridized carbons (Fsp3) is 0.528. The number of aromatic amines is 1. The third kappa shape index (κ3) is 153. The van der Waals surface area contributed by atoms with E-state index in [2.05, 4.69) is 25.9 Å². The number of rotatable bonds is 24. The second kappa shape index (κ2) is 255. The molecule has 71 nitrogen and oxygen atoms in total. The number of fused-ring (bicyclic) bond motifs is 1. The molecule has 1 aliphatic heterocycles. The quantitative estimate of drug-likeness (QED) is 0.0264. The summed E-state index contributed by atoms with van der Waals surface area (Å²) in [6.07, 6.45) is 5.31. The Morgan fingerprint density at radius 2 is 0.806 bits per heavy atom. The van der Waals surface area contributed by atoms with Crippen molar-refractivity contribution in [3.05, 3.63) is 64.0 Å². The zero-order valence-corrected chi connectivity index (χ0v) is 55.5. The second-order valence-corrected chi connectivity index (χ2v) is 11.7. The Morgan fingerprint density at radius 3 is 1.17 bits per heavy atom. The van der Waals surface area contributed by atoms with Crippen LogP contribution in [0.2, 0.25) is 0 Å². The minimum atomic E-state index is -0.442. The molecule has 4 rings (SSSR count). The van der Waals surface area contributed by atoms with E-state index in [1.165, 1.54) is 18.2 Å². The summed E-state index contributed by atoms with van der Waals surface area (Å²) >= 11 is 0. The lowest BCUT2D eigenvalue weighted by Gasteiger charge is -2.07. The maximum atomic E-state index is 13.8. The fourth-order valence-corrected chi connectivity index (χ4v) is 5.28. The number of anilines is 1. The van der Waals surface area contributed by atoms with E-state index < -0.39 is 5.82 Å². The number of nitrogens with one attached hydrogen (secondary N) is 3. The number of methoxy groups -OCH3 is 1. The summed E-state index contributed by atoms with van der Waals surface area (Å²) in [6.45, 7) is 8.65. The van der Waals surface area contributed by atoms with Gasteiger partial charge in [0.05, 0.1) is 82.8 Å². The monoisotopic (exact) mass is 1680 g/mol. The number of carbonyl (C=O) groups excluding carboxylic acids is 3. The van der Waals surface area contributed by atoms with Gasteiger partial charge in [0.15, 0.2) is 0 Å². The van der Waals surface area contributed by atoms with Crippen molar-refractivity contribution in [2.24, 2.45) is 0 Å². The van der Waals surface area contributed by atoms with Gasteiger partial charge in [0, 0.05) is 68.9 Å². The SMILES string of the molecule is CO.COCCOCCc1cn(CCOCCOCCOCCC(=O)CCCNC(=O)c2c(C)[nH]c(/C=C3\C(=O)Nc4ccc(F)cc43)c2C)nn1.OO.OO.OO.OO.OO.OO.OO.OO.OO.OO.OO.OO.OO.OO.OO.OO.OO.OO.OO.OO.OO.OO.OO.OO.OO.OO.OO.OO. The van der Waals surface area contributed by atoms with Gasteiger partial charge in [-0.1, -0.05) is 5.21 Å². The van der Waals surface area contributed by atoms with Crippen LogP contribution in [-0.4, -0.2) is 417 Å². The number of carbonyl (C=O) groups is 3. The Hall–Kier alpha value is -6.56. The van der Waals surface area contributed by atoms with Crippen LogP contribution in [0.1, 0.15) is 57.8 Å². The largest absolute Gasteiger partial charge is 0.400 e. The van der Waals surface area contributed by atoms with E-state index in [0.717, 1.165) is 12.8 Å². The molecule has 678 valence electrons. The average Bonchev–Trinajstić information content (AvgIpc) is 1.64. The highest BCUT2D eigenvalue weighted by atomic mass is 19.1. The number of aryl methyl sites for hydroxylation is 1. The molecule has 0 fully saturated rings. The van der Waals surface area contributed by atoms with Crippen LogP contribution in [0.4, 0.5) is 10.1 Å². The Kier molecular flexibility index (Phi) is 424. The number of H-pyrrole nitrogens is 1. The number of Topliss-reactive ketones (excluding diaryl/α,β-unsaturated/α-hetero) is 1. The van der Waals surface area contributed by atoms with E-state index in [1.807, 2.05) is 6.20 Å². The molecule has 1 aromatic carbocycles. The molecule has 0 saturated carbocycles. The zero-order valence-electron chi connectivity index (χ0n) is 55.5. The van der Waals surface area contributed by atoms with Gasteiger partial charge in [-0.25, -0.2) is 9.07 Å². The third-order valence-corrected chi connectivity index (χ3v) is 7.93. The first-order valence-electron chi connectivity index (χ1n) is 22.8. The van der Waals surface area contributed by atoms with E-state index in [-0.39, 0.29) is 24.0 Å². The average molecular weight is 1680 g/mol. The lowest BCUT2D eigenvalue weighted by molar-refractivity contribution is -0.176. The van der Waals surface area contributed by atoms with Crippen LogP contribution >= 0.6 is 0 Å². The van der Waals surface area contributed by atoms with Crippen LogP contribution in [-0.2, 0) is 46.2 Å². The number of benzene rings is 1. The molecule has 72 heteroatoms. The third-order valence-electron chi connectivity index (χ3n) is 7.93. The van der Waals surface area contributed by atoms with Crippen molar-refractivity contribution < 1.29 is 342 Å². The lowest BCUT2D eigenvalue weighted by Crippen LogP contribution is -2.26. The molecule has 1 aliphatic rings. The minimum Gasteiger partial charge on any atom is -0.400 e. The number of aliphatic hydroxyl groups excluding tert-OH is 1. The Bertz CT molecular complexity index is 1680. The number of ether oxygens (including phenoxy) is 5. The maximum absolute atomic E-state index is 13.8. The fourth-order valence-electron chi connectivity index (χ4n) is 5.28. The molecule has 3 heterocycles. The molecular weight excluding hydrogens is 1580 g/mol. The van der Waals surface area contributed by atoms with Crippen LogP contribution in [0.15, 0.2) is 24.4 Å².